The van der Waals surface area contributed by atoms with Crippen LogP contribution in [0.15, 0.2) is 162 Å². The molecule has 0 fully saturated rings. The topological polar surface area (TPSA) is 13.1 Å². The molecule has 0 spiro atoms. The Morgan fingerprint density at radius 1 is 0.419 bits per heavy atom. The molecule has 1 heteroatoms. The predicted octanol–water partition coefficient (Wildman–Crippen LogP) is 12.0. The van der Waals surface area contributed by atoms with Crippen LogP contribution in [0.3, 0.4) is 0 Å². The van der Waals surface area contributed by atoms with Crippen molar-refractivity contribution in [3.05, 3.63) is 158 Å². The first-order valence-electron chi connectivity index (χ1n) is 18.1. The van der Waals surface area contributed by atoms with E-state index in [0.717, 1.165) is 32.7 Å². The van der Waals surface area contributed by atoms with E-state index in [1.807, 2.05) is 48.5 Å². The first-order valence-corrected chi connectivity index (χ1v) is 14.1. The van der Waals surface area contributed by atoms with Crippen LogP contribution >= 0.6 is 0 Å². The van der Waals surface area contributed by atoms with E-state index in [0.29, 0.717) is 33.4 Å². The molecule has 0 aliphatic rings. The number of rotatable bonds is 3. The van der Waals surface area contributed by atoms with Crippen LogP contribution in [0, 0.1) is 0 Å². The van der Waals surface area contributed by atoms with Crippen molar-refractivity contribution in [3.8, 4) is 33.4 Å². The van der Waals surface area contributed by atoms with Crippen molar-refractivity contribution in [1.29, 1.82) is 0 Å². The van der Waals surface area contributed by atoms with E-state index in [9.17, 15) is 2.74 Å². The Morgan fingerprint density at radius 3 is 1.77 bits per heavy atom. The van der Waals surface area contributed by atoms with Gasteiger partial charge in [0, 0.05) is 16.3 Å². The van der Waals surface area contributed by atoms with Gasteiger partial charge in [-0.2, -0.15) is 0 Å². The van der Waals surface area contributed by atoms with Gasteiger partial charge in [-0.3, -0.25) is 0 Å². The van der Waals surface area contributed by atoms with Gasteiger partial charge < -0.3 is 4.42 Å². The van der Waals surface area contributed by atoms with Crippen LogP contribution in [0.2, 0.25) is 0 Å². The Labute approximate surface area is 260 Å². The molecule has 0 unspecified atom stereocenters. The minimum atomic E-state index is -0.428. The van der Waals surface area contributed by atoms with Gasteiger partial charge in [-0.1, -0.05) is 139 Å². The Kier molecular flexibility index (Phi) is 3.80. The summed E-state index contributed by atoms with van der Waals surface area (Å²) in [4.78, 5) is 0. The van der Waals surface area contributed by atoms with E-state index >= 15 is 0 Å². The van der Waals surface area contributed by atoms with Crippen molar-refractivity contribution in [2.24, 2.45) is 0 Å². The molecule has 43 heavy (non-hydrogen) atoms. The van der Waals surface area contributed by atoms with Gasteiger partial charge >= 0.3 is 0 Å². The zero-order valence-electron chi connectivity index (χ0n) is 30.8. The Bertz CT molecular complexity index is 2870. The molecular formula is C42H26O. The lowest BCUT2D eigenvalue weighted by atomic mass is 9.86. The summed E-state index contributed by atoms with van der Waals surface area (Å²) in [6.45, 7) is 0. The molecule has 0 saturated heterocycles. The molecular weight excluding hydrogens is 520 g/mol. The summed E-state index contributed by atoms with van der Waals surface area (Å²) in [5.74, 6) is 0. The molecule has 0 aliphatic heterocycles. The Morgan fingerprint density at radius 2 is 1.05 bits per heavy atom. The van der Waals surface area contributed by atoms with Crippen LogP contribution in [-0.4, -0.2) is 0 Å². The minimum Gasteiger partial charge on any atom is -0.455 e. The molecule has 1 nitrogen and oxygen atoms in total. The van der Waals surface area contributed by atoms with Crippen LogP contribution in [-0.2, 0) is 0 Å². The van der Waals surface area contributed by atoms with E-state index in [1.165, 1.54) is 0 Å². The smallest absolute Gasteiger partial charge is 0.143 e. The largest absolute Gasteiger partial charge is 0.455 e. The quantitative estimate of drug-likeness (QED) is 0.198. The Hall–Kier alpha value is -5.66. The third kappa shape index (κ3) is 3.72. The van der Waals surface area contributed by atoms with Crippen molar-refractivity contribution in [3.63, 3.8) is 0 Å². The first kappa shape index (κ1) is 17.3. The summed E-state index contributed by atoms with van der Waals surface area (Å²) in [7, 11) is 0. The van der Waals surface area contributed by atoms with Gasteiger partial charge in [-0.25, -0.2) is 0 Å². The van der Waals surface area contributed by atoms with Gasteiger partial charge in [0.05, 0.1) is 11.0 Å². The lowest BCUT2D eigenvalue weighted by Crippen LogP contribution is -1.90. The highest BCUT2D eigenvalue weighted by Gasteiger charge is 2.18. The molecule has 0 saturated carbocycles. The highest BCUT2D eigenvalue weighted by molar-refractivity contribution is 6.22. The Balaban J connectivity index is 1.42. The maximum absolute atomic E-state index is 9.21. The lowest BCUT2D eigenvalue weighted by Gasteiger charge is -2.17. The maximum Gasteiger partial charge on any atom is 0.143 e. The van der Waals surface area contributed by atoms with Gasteiger partial charge in [-0.05, 0) is 78.3 Å². The van der Waals surface area contributed by atoms with Crippen LogP contribution in [0.1, 0.15) is 11.0 Å². The summed E-state index contributed by atoms with van der Waals surface area (Å²) in [6.07, 6.45) is 0. The molecule has 0 bridgehead atoms. The van der Waals surface area contributed by atoms with E-state index < -0.39 is 24.2 Å². The maximum atomic E-state index is 9.21. The molecule has 1 heterocycles. The van der Waals surface area contributed by atoms with Gasteiger partial charge in [0.1, 0.15) is 11.2 Å². The van der Waals surface area contributed by atoms with E-state index in [1.54, 1.807) is 30.3 Å². The molecule has 1 aromatic heterocycles. The molecule has 8 aromatic carbocycles. The monoisotopic (exact) mass is 554 g/mol. The fourth-order valence-electron chi connectivity index (χ4n) is 6.35. The van der Waals surface area contributed by atoms with Crippen LogP contribution < -0.4 is 0 Å². The zero-order chi connectivity index (χ0) is 35.3. The fraction of sp³-hybridized carbons (Fsp3) is 0. The van der Waals surface area contributed by atoms with Gasteiger partial charge in [0.15, 0.2) is 0 Å². The van der Waals surface area contributed by atoms with E-state index in [-0.39, 0.29) is 45.7 Å². The molecule has 9 aromatic rings. The molecule has 0 radical (unpaired) electrons. The number of hydrogen-bond donors (Lipinski definition) is 0. The van der Waals surface area contributed by atoms with Crippen molar-refractivity contribution in [1.82, 2.24) is 0 Å². The average molecular weight is 555 g/mol. The second kappa shape index (κ2) is 9.44. The van der Waals surface area contributed by atoms with E-state index in [2.05, 4.69) is 30.3 Å². The molecule has 0 N–H and O–H groups in total. The number of fused-ring (bicyclic) bond motifs is 6. The normalized spacial score (nSPS) is 14.3. The summed E-state index contributed by atoms with van der Waals surface area (Å²) in [5.41, 5.74) is 4.97. The van der Waals surface area contributed by atoms with Crippen molar-refractivity contribution >= 4 is 54.3 Å². The van der Waals surface area contributed by atoms with Gasteiger partial charge in [-0.15, -0.1) is 0 Å². The van der Waals surface area contributed by atoms with Crippen molar-refractivity contribution in [2.75, 3.05) is 0 Å². The van der Waals surface area contributed by atoms with Gasteiger partial charge in [0.25, 0.3) is 0 Å². The van der Waals surface area contributed by atoms with Crippen LogP contribution in [0.25, 0.3) is 87.6 Å². The third-order valence-electron chi connectivity index (χ3n) is 8.28. The second-order valence-electron chi connectivity index (χ2n) is 10.7. The fourth-order valence-corrected chi connectivity index (χ4v) is 6.35. The molecule has 0 aliphatic carbocycles. The second-order valence-corrected chi connectivity index (χ2v) is 10.7. The number of furan rings is 1. The third-order valence-corrected chi connectivity index (χ3v) is 8.28. The molecule has 200 valence electrons. The summed E-state index contributed by atoms with van der Waals surface area (Å²) in [6, 6.07) is 32.1. The highest BCUT2D eigenvalue weighted by atomic mass is 16.3. The van der Waals surface area contributed by atoms with E-state index in [4.69, 9.17) is 12.6 Å². The number of para-hydroxylation sites is 1. The standard InChI is InChI=1S/C42H26O/c1-2-12-28(13-3-1)40-33-15-6-8-17-35(33)41(36-18-9-7-16-34(36)40)31-23-24-39-38(26-31)37-20-10-19-32(42(37)43-39)30-22-21-27-11-4-5-14-29(27)25-30/h1-26H/i6D,7D,8D,9D,15D,16D,17D,18D. The van der Waals surface area contributed by atoms with Gasteiger partial charge in [0.2, 0.25) is 0 Å². The molecule has 9 rings (SSSR count). The number of hydrogen-bond acceptors (Lipinski definition) is 1. The average Bonchev–Trinajstić information content (AvgIpc) is 3.54. The SMILES string of the molecule is [2H]c1c([2H])c([2H])c2c(-c3ccc4oc5c(-c6ccc7ccccc7c6)cccc5c4c3)c3c([2H])c([2H])c([2H])c([2H])c3c(-c3ccccc3)c2c1[2H]. The predicted molar refractivity (Wildman–Crippen MR) is 183 cm³/mol. The van der Waals surface area contributed by atoms with Crippen LogP contribution in [0.5, 0.6) is 0 Å². The molecule has 0 atom stereocenters. The number of benzene rings is 8. The lowest BCUT2D eigenvalue weighted by molar-refractivity contribution is 0.670. The van der Waals surface area contributed by atoms with Crippen LogP contribution in [0.4, 0.5) is 0 Å². The van der Waals surface area contributed by atoms with Crippen molar-refractivity contribution < 1.29 is 15.4 Å². The molecule has 0 amide bonds. The first-order chi connectivity index (χ1) is 24.7. The highest BCUT2D eigenvalue weighted by Crippen LogP contribution is 2.45. The summed E-state index contributed by atoms with van der Waals surface area (Å²) in [5, 5.41) is 4.60. The van der Waals surface area contributed by atoms with Crippen molar-refractivity contribution in [2.45, 2.75) is 0 Å². The summed E-state index contributed by atoms with van der Waals surface area (Å²) >= 11 is 0. The minimum absolute atomic E-state index is 0.182. The zero-order valence-corrected chi connectivity index (χ0v) is 22.8. The summed E-state index contributed by atoms with van der Waals surface area (Å²) < 4.78 is 77.9.